The van der Waals surface area contributed by atoms with Crippen LogP contribution in [0.15, 0.2) is 30.3 Å². The van der Waals surface area contributed by atoms with Crippen LogP contribution in [0.25, 0.3) is 0 Å². The first-order chi connectivity index (χ1) is 9.63. The largest absolute Gasteiger partial charge is 0.465 e. The topological polar surface area (TPSA) is 67.8 Å². The van der Waals surface area contributed by atoms with Crippen molar-refractivity contribution in [2.24, 2.45) is 0 Å². The Morgan fingerprint density at radius 2 is 2.05 bits per heavy atom. The lowest BCUT2D eigenvalue weighted by atomic mass is 10.1. The van der Waals surface area contributed by atoms with Gasteiger partial charge in [-0.3, -0.25) is 4.79 Å². The third-order valence-corrected chi connectivity index (χ3v) is 2.76. The van der Waals surface area contributed by atoms with Crippen LogP contribution in [0, 0.1) is 0 Å². The SMILES string of the molecule is CCOC(=O)CNCC(O)COC(C)c1ccccc1. The Hall–Kier alpha value is -1.43. The van der Waals surface area contributed by atoms with E-state index in [0.717, 1.165) is 5.56 Å². The molecule has 0 fully saturated rings. The standard InChI is InChI=1S/C15H23NO4/c1-3-19-15(18)10-16-9-14(17)11-20-12(2)13-7-5-4-6-8-13/h4-8,12,14,16-17H,3,9-11H2,1-2H3. The first-order valence-corrected chi connectivity index (χ1v) is 6.84. The van der Waals surface area contributed by atoms with E-state index in [2.05, 4.69) is 5.32 Å². The van der Waals surface area contributed by atoms with Crippen LogP contribution in [0.4, 0.5) is 0 Å². The quantitative estimate of drug-likeness (QED) is 0.667. The Morgan fingerprint density at radius 3 is 2.70 bits per heavy atom. The normalized spacial score (nSPS) is 13.8. The highest BCUT2D eigenvalue weighted by Gasteiger charge is 2.10. The number of aliphatic hydroxyl groups is 1. The molecule has 1 rings (SSSR count). The molecule has 0 aliphatic rings. The van der Waals surface area contributed by atoms with E-state index in [1.54, 1.807) is 6.92 Å². The van der Waals surface area contributed by atoms with E-state index >= 15 is 0 Å². The number of hydrogen-bond donors (Lipinski definition) is 2. The van der Waals surface area contributed by atoms with Gasteiger partial charge in [0.1, 0.15) is 0 Å². The molecule has 0 saturated heterocycles. The minimum Gasteiger partial charge on any atom is -0.465 e. The molecule has 0 radical (unpaired) electrons. The van der Waals surface area contributed by atoms with Crippen molar-refractivity contribution >= 4 is 5.97 Å². The highest BCUT2D eigenvalue weighted by atomic mass is 16.5. The molecule has 2 atom stereocenters. The number of nitrogens with one attached hydrogen (secondary N) is 1. The Morgan fingerprint density at radius 1 is 1.35 bits per heavy atom. The first-order valence-electron chi connectivity index (χ1n) is 6.84. The van der Waals surface area contributed by atoms with Crippen molar-refractivity contribution < 1.29 is 19.4 Å². The van der Waals surface area contributed by atoms with Crippen LogP contribution < -0.4 is 5.32 Å². The van der Waals surface area contributed by atoms with Crippen LogP contribution in [0.3, 0.4) is 0 Å². The second-order valence-corrected chi connectivity index (χ2v) is 4.48. The zero-order valence-corrected chi connectivity index (χ0v) is 12.0. The Labute approximate surface area is 119 Å². The van der Waals surface area contributed by atoms with E-state index in [-0.39, 0.29) is 25.2 Å². The summed E-state index contributed by atoms with van der Waals surface area (Å²) in [5, 5.41) is 12.6. The van der Waals surface area contributed by atoms with Crippen molar-refractivity contribution in [3.63, 3.8) is 0 Å². The lowest BCUT2D eigenvalue weighted by molar-refractivity contribution is -0.142. The van der Waals surface area contributed by atoms with Crippen LogP contribution in [0.5, 0.6) is 0 Å². The summed E-state index contributed by atoms with van der Waals surface area (Å²) in [6, 6.07) is 9.81. The van der Waals surface area contributed by atoms with Gasteiger partial charge in [0.15, 0.2) is 0 Å². The number of carbonyl (C=O) groups is 1. The van der Waals surface area contributed by atoms with Crippen LogP contribution in [-0.4, -0.2) is 43.5 Å². The number of hydrogen-bond acceptors (Lipinski definition) is 5. The zero-order chi connectivity index (χ0) is 14.8. The number of carbonyl (C=O) groups excluding carboxylic acids is 1. The van der Waals surface area contributed by atoms with E-state index in [0.29, 0.717) is 13.2 Å². The number of ether oxygens (including phenoxy) is 2. The van der Waals surface area contributed by atoms with Crippen molar-refractivity contribution in [1.82, 2.24) is 5.32 Å². The van der Waals surface area contributed by atoms with Gasteiger partial charge in [0.25, 0.3) is 0 Å². The fourth-order valence-corrected chi connectivity index (χ4v) is 1.69. The molecule has 0 spiro atoms. The maximum absolute atomic E-state index is 11.1. The summed E-state index contributed by atoms with van der Waals surface area (Å²) < 4.78 is 10.4. The smallest absolute Gasteiger partial charge is 0.319 e. The second kappa shape index (κ2) is 9.47. The molecular formula is C15H23NO4. The Kier molecular flexibility index (Phi) is 7.87. The molecule has 1 aromatic carbocycles. The first kappa shape index (κ1) is 16.6. The van der Waals surface area contributed by atoms with Crippen LogP contribution in [0.2, 0.25) is 0 Å². The molecule has 20 heavy (non-hydrogen) atoms. The average molecular weight is 281 g/mol. The third kappa shape index (κ3) is 6.65. The summed E-state index contributed by atoms with van der Waals surface area (Å²) in [4.78, 5) is 11.1. The second-order valence-electron chi connectivity index (χ2n) is 4.48. The van der Waals surface area contributed by atoms with E-state index in [1.807, 2.05) is 37.3 Å². The van der Waals surface area contributed by atoms with Crippen molar-refractivity contribution in [2.75, 3.05) is 26.3 Å². The summed E-state index contributed by atoms with van der Waals surface area (Å²) in [7, 11) is 0. The van der Waals surface area contributed by atoms with Gasteiger partial charge in [0, 0.05) is 6.54 Å². The van der Waals surface area contributed by atoms with Crippen molar-refractivity contribution in [3.05, 3.63) is 35.9 Å². The van der Waals surface area contributed by atoms with Gasteiger partial charge < -0.3 is 19.9 Å². The van der Waals surface area contributed by atoms with Crippen molar-refractivity contribution in [1.29, 1.82) is 0 Å². The molecule has 0 aliphatic heterocycles. The van der Waals surface area contributed by atoms with Gasteiger partial charge in [0.2, 0.25) is 0 Å². The van der Waals surface area contributed by atoms with Gasteiger partial charge in [-0.05, 0) is 19.4 Å². The molecule has 5 heteroatoms. The molecule has 112 valence electrons. The average Bonchev–Trinajstić information content (AvgIpc) is 2.46. The van der Waals surface area contributed by atoms with Gasteiger partial charge in [-0.25, -0.2) is 0 Å². The molecular weight excluding hydrogens is 258 g/mol. The van der Waals surface area contributed by atoms with E-state index in [1.165, 1.54) is 0 Å². The summed E-state index contributed by atoms with van der Waals surface area (Å²) in [5.41, 5.74) is 1.07. The molecule has 0 aliphatic carbocycles. The molecule has 2 unspecified atom stereocenters. The summed E-state index contributed by atoms with van der Waals surface area (Å²) in [6.07, 6.45) is -0.730. The highest BCUT2D eigenvalue weighted by molar-refractivity contribution is 5.71. The van der Waals surface area contributed by atoms with Crippen molar-refractivity contribution in [2.45, 2.75) is 26.1 Å². The molecule has 5 nitrogen and oxygen atoms in total. The van der Waals surface area contributed by atoms with Crippen LogP contribution in [0.1, 0.15) is 25.5 Å². The third-order valence-electron chi connectivity index (χ3n) is 2.76. The zero-order valence-electron chi connectivity index (χ0n) is 12.0. The van der Waals surface area contributed by atoms with Crippen LogP contribution >= 0.6 is 0 Å². The predicted octanol–water partition coefficient (Wildman–Crippen LogP) is 1.28. The number of benzene rings is 1. The Balaban J connectivity index is 2.16. The summed E-state index contributed by atoms with van der Waals surface area (Å²) in [5.74, 6) is -0.321. The molecule has 1 aromatic rings. The molecule has 0 amide bonds. The fourth-order valence-electron chi connectivity index (χ4n) is 1.69. The minimum absolute atomic E-state index is 0.0732. The summed E-state index contributed by atoms with van der Waals surface area (Å²) >= 11 is 0. The van der Waals surface area contributed by atoms with Gasteiger partial charge in [-0.2, -0.15) is 0 Å². The van der Waals surface area contributed by atoms with E-state index in [9.17, 15) is 9.90 Å². The highest BCUT2D eigenvalue weighted by Crippen LogP contribution is 2.15. The maximum atomic E-state index is 11.1. The molecule has 2 N–H and O–H groups in total. The minimum atomic E-state index is -0.657. The molecule has 0 saturated carbocycles. The van der Waals surface area contributed by atoms with Gasteiger partial charge in [0.05, 0.1) is 32.0 Å². The van der Waals surface area contributed by atoms with Gasteiger partial charge in [-0.15, -0.1) is 0 Å². The molecule has 0 heterocycles. The lowest BCUT2D eigenvalue weighted by Gasteiger charge is -2.17. The van der Waals surface area contributed by atoms with Crippen LogP contribution in [-0.2, 0) is 14.3 Å². The number of aliphatic hydroxyl groups excluding tert-OH is 1. The van der Waals surface area contributed by atoms with Gasteiger partial charge in [-0.1, -0.05) is 30.3 Å². The number of esters is 1. The number of rotatable bonds is 9. The molecule has 0 aromatic heterocycles. The molecule has 0 bridgehead atoms. The van der Waals surface area contributed by atoms with E-state index in [4.69, 9.17) is 9.47 Å². The predicted molar refractivity (Wildman–Crippen MR) is 76.3 cm³/mol. The monoisotopic (exact) mass is 281 g/mol. The lowest BCUT2D eigenvalue weighted by Crippen LogP contribution is -2.34. The maximum Gasteiger partial charge on any atom is 0.319 e. The Bertz CT molecular complexity index is 383. The van der Waals surface area contributed by atoms with Crippen molar-refractivity contribution in [3.8, 4) is 0 Å². The van der Waals surface area contributed by atoms with E-state index < -0.39 is 6.10 Å². The summed E-state index contributed by atoms with van der Waals surface area (Å²) in [6.45, 7) is 4.66. The fraction of sp³-hybridized carbons (Fsp3) is 0.533. The van der Waals surface area contributed by atoms with Gasteiger partial charge >= 0.3 is 5.97 Å².